The summed E-state index contributed by atoms with van der Waals surface area (Å²) in [5.41, 5.74) is 0.718. The molecule has 2 N–H and O–H groups in total. The van der Waals surface area contributed by atoms with E-state index >= 15 is 0 Å². The summed E-state index contributed by atoms with van der Waals surface area (Å²) in [5, 5.41) is 3.45. The Balaban J connectivity index is 1.67. The summed E-state index contributed by atoms with van der Waals surface area (Å²) in [6.07, 6.45) is 4.10. The second-order valence-electron chi connectivity index (χ2n) is 5.13. The first-order valence-corrected chi connectivity index (χ1v) is 6.48. The minimum atomic E-state index is 0.155. The molecule has 4 nitrogen and oxygen atoms in total. The molecule has 1 aromatic rings. The Morgan fingerprint density at radius 2 is 1.94 bits per heavy atom. The largest absolute Gasteiger partial charge is 0.357 e. The lowest BCUT2D eigenvalue weighted by Gasteiger charge is -2.20. The molecular weight excluding hydrogens is 214 g/mol. The molecule has 0 spiro atoms. The van der Waals surface area contributed by atoms with Gasteiger partial charge in [0.1, 0.15) is 5.69 Å². The molecule has 1 amide bonds. The summed E-state index contributed by atoms with van der Waals surface area (Å²) in [5.74, 6) is 1.70. The molecular formula is C13H19N3O. The Labute approximate surface area is 101 Å². The molecule has 1 aromatic heterocycles. The van der Waals surface area contributed by atoms with Crippen LogP contribution in [0.15, 0.2) is 18.3 Å². The minimum absolute atomic E-state index is 0.155. The van der Waals surface area contributed by atoms with Crippen molar-refractivity contribution in [1.82, 2.24) is 15.2 Å². The fraction of sp³-hybridized carbons (Fsp3) is 0.615. The third-order valence-electron chi connectivity index (χ3n) is 4.13. The second-order valence-corrected chi connectivity index (χ2v) is 5.13. The van der Waals surface area contributed by atoms with Gasteiger partial charge in [0, 0.05) is 19.3 Å². The number of aromatic nitrogens is 1. The molecule has 17 heavy (non-hydrogen) atoms. The number of nitrogens with one attached hydrogen (secondary N) is 2. The van der Waals surface area contributed by atoms with Gasteiger partial charge in [-0.05, 0) is 49.9 Å². The van der Waals surface area contributed by atoms with E-state index in [-0.39, 0.29) is 5.91 Å². The second kappa shape index (κ2) is 4.53. The molecule has 0 radical (unpaired) electrons. The number of fused-ring (bicyclic) bond motifs is 1. The van der Waals surface area contributed by atoms with Gasteiger partial charge in [0.05, 0.1) is 0 Å². The van der Waals surface area contributed by atoms with Crippen LogP contribution >= 0.6 is 0 Å². The number of likely N-dealkylation sites (tertiary alicyclic amines) is 1. The minimum Gasteiger partial charge on any atom is -0.357 e. The summed E-state index contributed by atoms with van der Waals surface area (Å²) in [6, 6.07) is 3.74. The van der Waals surface area contributed by atoms with Crippen molar-refractivity contribution in [2.45, 2.75) is 12.8 Å². The number of carbonyl (C=O) groups excluding carboxylic acids is 1. The topological polar surface area (TPSA) is 48.1 Å². The van der Waals surface area contributed by atoms with Crippen LogP contribution in [0.25, 0.3) is 0 Å². The summed E-state index contributed by atoms with van der Waals surface area (Å²) in [6.45, 7) is 4.08. The lowest BCUT2D eigenvalue weighted by atomic mass is 9.92. The van der Waals surface area contributed by atoms with Crippen molar-refractivity contribution in [2.75, 3.05) is 26.2 Å². The molecule has 3 heterocycles. The molecule has 2 atom stereocenters. The number of hydrogen-bond acceptors (Lipinski definition) is 2. The molecule has 0 aliphatic carbocycles. The van der Waals surface area contributed by atoms with E-state index in [1.165, 1.54) is 0 Å². The van der Waals surface area contributed by atoms with Crippen LogP contribution in [0.3, 0.4) is 0 Å². The monoisotopic (exact) mass is 233 g/mol. The highest BCUT2D eigenvalue weighted by Crippen LogP contribution is 2.27. The van der Waals surface area contributed by atoms with Crippen molar-refractivity contribution < 1.29 is 4.79 Å². The molecule has 2 aliphatic heterocycles. The number of amides is 1. The average Bonchev–Trinajstić information content (AvgIpc) is 2.97. The van der Waals surface area contributed by atoms with Gasteiger partial charge in [-0.3, -0.25) is 4.79 Å². The fourth-order valence-corrected chi connectivity index (χ4v) is 3.05. The van der Waals surface area contributed by atoms with Gasteiger partial charge < -0.3 is 15.2 Å². The number of nitrogens with zero attached hydrogens (tertiary/aromatic N) is 1. The van der Waals surface area contributed by atoms with E-state index in [1.54, 1.807) is 0 Å². The standard InChI is InChI=1S/C13H19N3O/c17-13(12-2-1-5-15-12)16-6-3-10-8-14-9-11(10)4-7-16/h1-2,5,10-11,14-15H,3-4,6-9H2/t10-,11+. The zero-order chi connectivity index (χ0) is 11.7. The van der Waals surface area contributed by atoms with Gasteiger partial charge in [0.25, 0.3) is 5.91 Å². The molecule has 0 aromatic carbocycles. The third kappa shape index (κ3) is 2.09. The van der Waals surface area contributed by atoms with E-state index in [2.05, 4.69) is 10.3 Å². The number of rotatable bonds is 1. The van der Waals surface area contributed by atoms with E-state index in [0.717, 1.165) is 56.6 Å². The van der Waals surface area contributed by atoms with Gasteiger partial charge in [-0.2, -0.15) is 0 Å². The highest BCUT2D eigenvalue weighted by atomic mass is 16.2. The first-order chi connectivity index (χ1) is 8.34. The predicted molar refractivity (Wildman–Crippen MR) is 65.8 cm³/mol. The average molecular weight is 233 g/mol. The Kier molecular flexibility index (Phi) is 2.89. The maximum absolute atomic E-state index is 12.2. The Morgan fingerprint density at radius 3 is 2.53 bits per heavy atom. The smallest absolute Gasteiger partial charge is 0.270 e. The number of carbonyl (C=O) groups is 1. The molecule has 2 aliphatic rings. The number of hydrogen-bond donors (Lipinski definition) is 2. The third-order valence-corrected chi connectivity index (χ3v) is 4.13. The maximum atomic E-state index is 12.2. The first kappa shape index (κ1) is 10.8. The summed E-state index contributed by atoms with van der Waals surface area (Å²) >= 11 is 0. The lowest BCUT2D eigenvalue weighted by molar-refractivity contribution is 0.0753. The van der Waals surface area contributed by atoms with E-state index in [4.69, 9.17) is 0 Å². The van der Waals surface area contributed by atoms with Crippen molar-refractivity contribution >= 4 is 5.91 Å². The number of aromatic amines is 1. The van der Waals surface area contributed by atoms with Gasteiger partial charge in [-0.15, -0.1) is 0 Å². The zero-order valence-corrected chi connectivity index (χ0v) is 9.98. The van der Waals surface area contributed by atoms with Gasteiger partial charge in [0.15, 0.2) is 0 Å². The van der Waals surface area contributed by atoms with Crippen molar-refractivity contribution in [2.24, 2.45) is 11.8 Å². The molecule has 0 unspecified atom stereocenters. The van der Waals surface area contributed by atoms with Crippen LogP contribution < -0.4 is 5.32 Å². The van der Waals surface area contributed by atoms with Gasteiger partial charge >= 0.3 is 0 Å². The van der Waals surface area contributed by atoms with Crippen LogP contribution in [-0.4, -0.2) is 42.0 Å². The summed E-state index contributed by atoms with van der Waals surface area (Å²) in [4.78, 5) is 17.2. The predicted octanol–water partition coefficient (Wildman–Crippen LogP) is 1.09. The van der Waals surface area contributed by atoms with E-state index in [1.807, 2.05) is 23.2 Å². The van der Waals surface area contributed by atoms with E-state index in [9.17, 15) is 4.79 Å². The van der Waals surface area contributed by atoms with E-state index < -0.39 is 0 Å². The molecule has 2 fully saturated rings. The molecule has 92 valence electrons. The van der Waals surface area contributed by atoms with Crippen LogP contribution in [0.2, 0.25) is 0 Å². The summed E-state index contributed by atoms with van der Waals surface area (Å²) in [7, 11) is 0. The molecule has 2 saturated heterocycles. The van der Waals surface area contributed by atoms with Gasteiger partial charge in [-0.1, -0.05) is 0 Å². The SMILES string of the molecule is O=C(c1ccc[nH]1)N1CC[C@@H]2CNC[C@@H]2CC1. The van der Waals surface area contributed by atoms with Crippen LogP contribution in [0, 0.1) is 11.8 Å². The normalized spacial score (nSPS) is 28.8. The Hall–Kier alpha value is -1.29. The highest BCUT2D eigenvalue weighted by Gasteiger charge is 2.31. The van der Waals surface area contributed by atoms with E-state index in [0.29, 0.717) is 0 Å². The zero-order valence-electron chi connectivity index (χ0n) is 9.98. The maximum Gasteiger partial charge on any atom is 0.270 e. The summed E-state index contributed by atoms with van der Waals surface area (Å²) < 4.78 is 0. The van der Waals surface area contributed by atoms with Crippen LogP contribution in [0.5, 0.6) is 0 Å². The van der Waals surface area contributed by atoms with Crippen LogP contribution in [-0.2, 0) is 0 Å². The van der Waals surface area contributed by atoms with Crippen molar-refractivity contribution in [3.63, 3.8) is 0 Å². The molecule has 4 heteroatoms. The lowest BCUT2D eigenvalue weighted by Crippen LogP contribution is -2.32. The fourth-order valence-electron chi connectivity index (χ4n) is 3.05. The van der Waals surface area contributed by atoms with Crippen LogP contribution in [0.4, 0.5) is 0 Å². The highest BCUT2D eigenvalue weighted by molar-refractivity contribution is 5.92. The molecule has 0 bridgehead atoms. The molecule has 0 saturated carbocycles. The van der Waals surface area contributed by atoms with Crippen LogP contribution in [0.1, 0.15) is 23.3 Å². The van der Waals surface area contributed by atoms with Crippen molar-refractivity contribution in [3.8, 4) is 0 Å². The van der Waals surface area contributed by atoms with Crippen molar-refractivity contribution in [3.05, 3.63) is 24.0 Å². The first-order valence-electron chi connectivity index (χ1n) is 6.48. The van der Waals surface area contributed by atoms with Crippen molar-refractivity contribution in [1.29, 1.82) is 0 Å². The Morgan fingerprint density at radius 1 is 1.24 bits per heavy atom. The van der Waals surface area contributed by atoms with Gasteiger partial charge in [0.2, 0.25) is 0 Å². The molecule has 3 rings (SSSR count). The quantitative estimate of drug-likeness (QED) is 0.762. The van der Waals surface area contributed by atoms with Gasteiger partial charge in [-0.25, -0.2) is 0 Å². The Bertz CT molecular complexity index is 373. The number of H-pyrrole nitrogens is 1.